The highest BCUT2D eigenvalue weighted by Crippen LogP contribution is 2.66. The zero-order valence-electron chi connectivity index (χ0n) is 16.0. The first-order valence-corrected chi connectivity index (χ1v) is 10.6. The summed E-state index contributed by atoms with van der Waals surface area (Å²) in [5.74, 6) is 4.22. The third-order valence-corrected chi connectivity index (χ3v) is 9.33. The maximum absolute atomic E-state index is 9.17. The second-order valence-corrected chi connectivity index (χ2v) is 10.1. The Morgan fingerprint density at radius 3 is 2.62 bits per heavy atom. The quantitative estimate of drug-likeness (QED) is 0.761. The number of nitrogens with zero attached hydrogens (tertiary/aromatic N) is 1. The molecule has 1 saturated heterocycles. The van der Waals surface area contributed by atoms with Crippen LogP contribution in [0.2, 0.25) is 0 Å². The Morgan fingerprint density at radius 2 is 1.83 bits per heavy atom. The summed E-state index contributed by atoms with van der Waals surface area (Å²) in [5, 5.41) is 13.0. The molecule has 4 aliphatic rings. The van der Waals surface area contributed by atoms with Crippen molar-refractivity contribution in [1.29, 1.82) is 5.26 Å². The van der Waals surface area contributed by atoms with Crippen LogP contribution < -0.4 is 5.32 Å². The Labute approximate surface area is 148 Å². The van der Waals surface area contributed by atoms with Gasteiger partial charge in [0.15, 0.2) is 0 Å². The molecule has 0 radical (unpaired) electrons. The third kappa shape index (κ3) is 2.30. The molecule has 1 unspecified atom stereocenters. The highest BCUT2D eigenvalue weighted by Gasteiger charge is 2.60. The van der Waals surface area contributed by atoms with E-state index in [4.69, 9.17) is 0 Å². The zero-order valence-corrected chi connectivity index (χ0v) is 16.0. The molecule has 2 nitrogen and oxygen atoms in total. The third-order valence-electron chi connectivity index (χ3n) is 9.33. The summed E-state index contributed by atoms with van der Waals surface area (Å²) >= 11 is 0. The Balaban J connectivity index is 1.58. The first kappa shape index (κ1) is 16.9. The summed E-state index contributed by atoms with van der Waals surface area (Å²) in [6.45, 7) is 8.81. The average molecular weight is 329 g/mol. The predicted molar refractivity (Wildman–Crippen MR) is 98.3 cm³/mol. The number of nitrogens with one attached hydrogen (secondary N) is 1. The first-order chi connectivity index (χ1) is 11.5. The van der Waals surface area contributed by atoms with E-state index >= 15 is 0 Å². The van der Waals surface area contributed by atoms with E-state index in [0.717, 1.165) is 36.1 Å². The van der Waals surface area contributed by atoms with Gasteiger partial charge in [0.2, 0.25) is 0 Å². The fraction of sp³-hybridized carbons (Fsp3) is 0.955. The van der Waals surface area contributed by atoms with E-state index in [-0.39, 0.29) is 0 Å². The maximum atomic E-state index is 9.17. The summed E-state index contributed by atoms with van der Waals surface area (Å²) in [4.78, 5) is 0. The number of piperidine rings is 1. The van der Waals surface area contributed by atoms with E-state index in [0.29, 0.717) is 16.7 Å². The van der Waals surface area contributed by atoms with Crippen molar-refractivity contribution in [3.63, 3.8) is 0 Å². The van der Waals surface area contributed by atoms with E-state index in [1.807, 2.05) is 0 Å². The van der Waals surface area contributed by atoms with Crippen molar-refractivity contribution in [1.82, 2.24) is 5.32 Å². The highest BCUT2D eigenvalue weighted by atomic mass is 15.0. The molecule has 0 aromatic rings. The molecule has 0 bridgehead atoms. The van der Waals surface area contributed by atoms with Crippen LogP contribution in [0.25, 0.3) is 0 Å². The molecule has 3 aliphatic carbocycles. The molecule has 8 atom stereocenters. The lowest BCUT2D eigenvalue weighted by molar-refractivity contribution is -0.0979. The van der Waals surface area contributed by atoms with Crippen LogP contribution >= 0.6 is 0 Å². The van der Waals surface area contributed by atoms with Crippen LogP contribution in [0, 0.1) is 51.8 Å². The van der Waals surface area contributed by atoms with E-state index < -0.39 is 0 Å². The standard InChI is InChI=1S/C22H36N2/c1-15(10-13-23)17-6-7-18-16-5-8-20-22(3,11-4-14-24-20)19(16)9-12-21(17,18)2/h15-20,24H,4-12,14H2,1-3H3/t15-,16+,17-,18+,19+,20?,21-,22-/m1/s1. The molecule has 2 heteroatoms. The van der Waals surface area contributed by atoms with Gasteiger partial charge in [0, 0.05) is 12.5 Å². The summed E-state index contributed by atoms with van der Waals surface area (Å²) in [7, 11) is 0. The van der Waals surface area contributed by atoms with Crippen LogP contribution in [-0.2, 0) is 0 Å². The lowest BCUT2D eigenvalue weighted by Crippen LogP contribution is -2.59. The van der Waals surface area contributed by atoms with Gasteiger partial charge in [-0.05, 0) is 98.3 Å². The van der Waals surface area contributed by atoms with Gasteiger partial charge in [-0.15, -0.1) is 0 Å². The summed E-state index contributed by atoms with van der Waals surface area (Å²) < 4.78 is 0. The lowest BCUT2D eigenvalue weighted by atomic mass is 9.46. The van der Waals surface area contributed by atoms with Gasteiger partial charge in [-0.3, -0.25) is 0 Å². The monoisotopic (exact) mass is 328 g/mol. The van der Waals surface area contributed by atoms with Crippen molar-refractivity contribution in [2.75, 3.05) is 6.54 Å². The van der Waals surface area contributed by atoms with Crippen LogP contribution in [0.15, 0.2) is 0 Å². The molecule has 24 heavy (non-hydrogen) atoms. The molecule has 1 aliphatic heterocycles. The Bertz CT molecular complexity index is 523. The number of nitriles is 1. The molecule has 1 N–H and O–H groups in total. The predicted octanol–water partition coefficient (Wildman–Crippen LogP) is 5.15. The molecule has 4 fully saturated rings. The summed E-state index contributed by atoms with van der Waals surface area (Å²) in [6, 6.07) is 3.23. The van der Waals surface area contributed by atoms with Crippen molar-refractivity contribution >= 4 is 0 Å². The largest absolute Gasteiger partial charge is 0.313 e. The smallest absolute Gasteiger partial charge is 0.0624 e. The number of rotatable bonds is 2. The molecule has 0 spiro atoms. The van der Waals surface area contributed by atoms with Crippen LogP contribution in [0.1, 0.15) is 78.6 Å². The fourth-order valence-corrected chi connectivity index (χ4v) is 8.16. The summed E-state index contributed by atoms with van der Waals surface area (Å²) in [5.41, 5.74) is 1.07. The fourth-order valence-electron chi connectivity index (χ4n) is 8.16. The van der Waals surface area contributed by atoms with Gasteiger partial charge in [-0.2, -0.15) is 5.26 Å². The second-order valence-electron chi connectivity index (χ2n) is 10.1. The molecule has 3 saturated carbocycles. The SMILES string of the molecule is C[C@H](CC#N)[C@H]1CC[C@H]2[C@@H]3CCC4NCCC[C@]4(C)[C@H]3CC[C@]12C. The minimum atomic E-state index is 0.517. The normalized spacial score (nSPS) is 51.8. The van der Waals surface area contributed by atoms with Crippen molar-refractivity contribution in [3.05, 3.63) is 0 Å². The van der Waals surface area contributed by atoms with E-state index in [2.05, 4.69) is 32.2 Å². The van der Waals surface area contributed by atoms with Crippen LogP contribution in [0.4, 0.5) is 0 Å². The van der Waals surface area contributed by atoms with Gasteiger partial charge < -0.3 is 5.32 Å². The van der Waals surface area contributed by atoms with Crippen molar-refractivity contribution in [3.8, 4) is 6.07 Å². The van der Waals surface area contributed by atoms with Gasteiger partial charge >= 0.3 is 0 Å². The Morgan fingerprint density at radius 1 is 1.04 bits per heavy atom. The van der Waals surface area contributed by atoms with Gasteiger partial charge in [0.25, 0.3) is 0 Å². The molecule has 134 valence electrons. The van der Waals surface area contributed by atoms with E-state index in [9.17, 15) is 5.26 Å². The van der Waals surface area contributed by atoms with Crippen molar-refractivity contribution in [2.45, 2.75) is 84.6 Å². The van der Waals surface area contributed by atoms with Gasteiger partial charge in [0.05, 0.1) is 6.07 Å². The van der Waals surface area contributed by atoms with Gasteiger partial charge in [-0.1, -0.05) is 20.8 Å². The average Bonchev–Trinajstić information content (AvgIpc) is 2.92. The number of hydrogen-bond donors (Lipinski definition) is 1. The van der Waals surface area contributed by atoms with Crippen LogP contribution in [0.3, 0.4) is 0 Å². The second kappa shape index (κ2) is 6.01. The Hall–Kier alpha value is -0.550. The van der Waals surface area contributed by atoms with Crippen LogP contribution in [-0.4, -0.2) is 12.6 Å². The summed E-state index contributed by atoms with van der Waals surface area (Å²) in [6.07, 6.45) is 12.1. The van der Waals surface area contributed by atoms with Gasteiger partial charge in [0.1, 0.15) is 0 Å². The zero-order chi connectivity index (χ0) is 16.9. The first-order valence-electron chi connectivity index (χ1n) is 10.6. The van der Waals surface area contributed by atoms with E-state index in [1.54, 1.807) is 0 Å². The molecule has 1 heterocycles. The lowest BCUT2D eigenvalue weighted by Gasteiger charge is -2.60. The molecular weight excluding hydrogens is 292 g/mol. The van der Waals surface area contributed by atoms with Crippen molar-refractivity contribution in [2.24, 2.45) is 40.4 Å². The molecule has 0 aromatic carbocycles. The number of hydrogen-bond acceptors (Lipinski definition) is 2. The maximum Gasteiger partial charge on any atom is 0.0624 e. The molecular formula is C22H36N2. The van der Waals surface area contributed by atoms with Crippen LogP contribution in [0.5, 0.6) is 0 Å². The van der Waals surface area contributed by atoms with Gasteiger partial charge in [-0.25, -0.2) is 0 Å². The highest BCUT2D eigenvalue weighted by molar-refractivity contribution is 5.11. The topological polar surface area (TPSA) is 35.8 Å². The van der Waals surface area contributed by atoms with Crippen molar-refractivity contribution < 1.29 is 0 Å². The molecule has 4 rings (SSSR count). The number of fused-ring (bicyclic) bond motifs is 5. The molecule has 0 aromatic heterocycles. The molecule has 0 amide bonds. The minimum Gasteiger partial charge on any atom is -0.313 e. The Kier molecular flexibility index (Phi) is 4.23. The minimum absolute atomic E-state index is 0.517. The van der Waals surface area contributed by atoms with E-state index in [1.165, 1.54) is 57.9 Å².